The summed E-state index contributed by atoms with van der Waals surface area (Å²) in [5.74, 6) is 1.71. The van der Waals surface area contributed by atoms with E-state index >= 15 is 0 Å². The third-order valence-corrected chi connectivity index (χ3v) is 4.44. The Hall–Kier alpha value is -0.0800. The van der Waals surface area contributed by atoms with Gasteiger partial charge in [-0.1, -0.05) is 27.7 Å². The van der Waals surface area contributed by atoms with Gasteiger partial charge in [0.1, 0.15) is 0 Å². The molecule has 0 aromatic rings. The number of likely N-dealkylation sites (tertiary alicyclic amines) is 1. The molecule has 0 spiro atoms. The van der Waals surface area contributed by atoms with Gasteiger partial charge in [-0.2, -0.15) is 0 Å². The van der Waals surface area contributed by atoms with Crippen molar-refractivity contribution in [1.29, 1.82) is 0 Å². The Labute approximate surface area is 102 Å². The lowest BCUT2D eigenvalue weighted by Gasteiger charge is -2.41. The first-order chi connectivity index (χ1) is 7.55. The fourth-order valence-electron chi connectivity index (χ4n) is 3.22. The molecule has 16 heavy (non-hydrogen) atoms. The summed E-state index contributed by atoms with van der Waals surface area (Å²) in [6.45, 7) is 13.9. The van der Waals surface area contributed by atoms with E-state index in [0.717, 1.165) is 18.4 Å². The smallest absolute Gasteiger partial charge is 0.00501 e. The van der Waals surface area contributed by atoms with Crippen molar-refractivity contribution in [3.63, 3.8) is 0 Å². The highest BCUT2D eigenvalue weighted by Gasteiger charge is 2.30. The Morgan fingerprint density at radius 3 is 2.00 bits per heavy atom. The predicted octanol–water partition coefficient (Wildman–Crippen LogP) is 2.73. The van der Waals surface area contributed by atoms with Crippen LogP contribution >= 0.6 is 0 Å². The van der Waals surface area contributed by atoms with Crippen LogP contribution in [0.5, 0.6) is 0 Å². The molecule has 0 aliphatic carbocycles. The summed E-state index contributed by atoms with van der Waals surface area (Å²) in [6.07, 6.45) is 3.81. The summed E-state index contributed by atoms with van der Waals surface area (Å²) in [5.41, 5.74) is 6.35. The lowest BCUT2D eigenvalue weighted by atomic mass is 9.80. The van der Waals surface area contributed by atoms with Gasteiger partial charge in [-0.05, 0) is 43.1 Å². The van der Waals surface area contributed by atoms with Gasteiger partial charge >= 0.3 is 0 Å². The summed E-state index contributed by atoms with van der Waals surface area (Å²) in [4.78, 5) is 2.65. The number of nitrogens with zero attached hydrogens (tertiary/aromatic N) is 1. The number of piperidine rings is 1. The van der Waals surface area contributed by atoms with Gasteiger partial charge in [0.25, 0.3) is 0 Å². The fraction of sp³-hybridized carbons (Fsp3) is 1.00. The van der Waals surface area contributed by atoms with Crippen molar-refractivity contribution in [2.75, 3.05) is 26.2 Å². The van der Waals surface area contributed by atoms with Gasteiger partial charge in [-0.25, -0.2) is 0 Å². The largest absolute Gasteiger partial charge is 0.330 e. The van der Waals surface area contributed by atoms with Gasteiger partial charge in [0.15, 0.2) is 0 Å². The van der Waals surface area contributed by atoms with Crippen LogP contribution in [0.4, 0.5) is 0 Å². The van der Waals surface area contributed by atoms with Crippen LogP contribution in [0.25, 0.3) is 0 Å². The normalized spacial score (nSPS) is 28.3. The molecule has 1 aliphatic rings. The van der Waals surface area contributed by atoms with E-state index in [9.17, 15) is 0 Å². The molecular formula is C14H30N2. The second-order valence-corrected chi connectivity index (χ2v) is 6.05. The lowest BCUT2D eigenvalue weighted by Crippen LogP contribution is -2.47. The SMILES string of the molecule is CCC(CC)(CN)CN1CC(C)CC(C)C1. The third-order valence-electron chi connectivity index (χ3n) is 4.44. The minimum absolute atomic E-state index is 0.358. The highest BCUT2D eigenvalue weighted by molar-refractivity contribution is 4.84. The minimum Gasteiger partial charge on any atom is -0.330 e. The fourth-order valence-corrected chi connectivity index (χ4v) is 3.22. The molecule has 0 radical (unpaired) electrons. The molecule has 2 unspecified atom stereocenters. The van der Waals surface area contributed by atoms with E-state index in [1.54, 1.807) is 0 Å². The number of nitrogens with two attached hydrogens (primary N) is 1. The van der Waals surface area contributed by atoms with Crippen LogP contribution in [0.3, 0.4) is 0 Å². The van der Waals surface area contributed by atoms with Gasteiger partial charge in [0.05, 0.1) is 0 Å². The highest BCUT2D eigenvalue weighted by Crippen LogP contribution is 2.29. The summed E-state index contributed by atoms with van der Waals surface area (Å²) in [5, 5.41) is 0. The first-order valence-corrected chi connectivity index (χ1v) is 6.97. The summed E-state index contributed by atoms with van der Waals surface area (Å²) in [6, 6.07) is 0. The second-order valence-electron chi connectivity index (χ2n) is 6.05. The van der Waals surface area contributed by atoms with Crippen LogP contribution in [0.2, 0.25) is 0 Å². The Morgan fingerprint density at radius 2 is 1.62 bits per heavy atom. The molecule has 2 N–H and O–H groups in total. The molecule has 0 aromatic heterocycles. The van der Waals surface area contributed by atoms with E-state index in [4.69, 9.17) is 5.73 Å². The first-order valence-electron chi connectivity index (χ1n) is 6.97. The molecule has 2 heteroatoms. The number of hydrogen-bond donors (Lipinski definition) is 1. The maximum Gasteiger partial charge on any atom is 0.00501 e. The Kier molecular flexibility index (Phi) is 5.26. The standard InChI is InChI=1S/C14H30N2/c1-5-14(6-2,10-15)11-16-8-12(3)7-13(4)9-16/h12-13H,5-11,15H2,1-4H3. The molecule has 2 atom stereocenters. The van der Waals surface area contributed by atoms with E-state index in [1.165, 1.54) is 38.9 Å². The maximum atomic E-state index is 5.99. The van der Waals surface area contributed by atoms with Crippen molar-refractivity contribution in [3.8, 4) is 0 Å². The van der Waals surface area contributed by atoms with Crippen LogP contribution in [-0.2, 0) is 0 Å². The van der Waals surface area contributed by atoms with Gasteiger partial charge in [0, 0.05) is 19.6 Å². The highest BCUT2D eigenvalue weighted by atomic mass is 15.1. The van der Waals surface area contributed by atoms with Gasteiger partial charge in [-0.15, -0.1) is 0 Å². The second kappa shape index (κ2) is 6.02. The molecular weight excluding hydrogens is 196 g/mol. The number of hydrogen-bond acceptors (Lipinski definition) is 2. The monoisotopic (exact) mass is 226 g/mol. The zero-order valence-electron chi connectivity index (χ0n) is 11.6. The molecule has 2 nitrogen and oxygen atoms in total. The van der Waals surface area contributed by atoms with Crippen molar-refractivity contribution in [1.82, 2.24) is 4.90 Å². The Morgan fingerprint density at radius 1 is 1.12 bits per heavy atom. The first kappa shape index (κ1) is 14.0. The predicted molar refractivity (Wildman–Crippen MR) is 71.5 cm³/mol. The summed E-state index contributed by atoms with van der Waals surface area (Å²) < 4.78 is 0. The zero-order valence-corrected chi connectivity index (χ0v) is 11.6. The van der Waals surface area contributed by atoms with Crippen molar-refractivity contribution in [3.05, 3.63) is 0 Å². The molecule has 1 aliphatic heterocycles. The van der Waals surface area contributed by atoms with E-state index in [2.05, 4.69) is 32.6 Å². The van der Waals surface area contributed by atoms with Gasteiger partial charge in [-0.3, -0.25) is 0 Å². The van der Waals surface area contributed by atoms with Crippen molar-refractivity contribution >= 4 is 0 Å². The van der Waals surface area contributed by atoms with Gasteiger partial charge < -0.3 is 10.6 Å². The van der Waals surface area contributed by atoms with Crippen LogP contribution in [0.1, 0.15) is 47.0 Å². The van der Waals surface area contributed by atoms with E-state index in [1.807, 2.05) is 0 Å². The van der Waals surface area contributed by atoms with Crippen LogP contribution in [0, 0.1) is 17.3 Å². The van der Waals surface area contributed by atoms with Crippen LogP contribution in [-0.4, -0.2) is 31.1 Å². The lowest BCUT2D eigenvalue weighted by molar-refractivity contribution is 0.0803. The van der Waals surface area contributed by atoms with Crippen LogP contribution < -0.4 is 5.73 Å². The third kappa shape index (κ3) is 3.46. The Bertz CT molecular complexity index is 181. The van der Waals surface area contributed by atoms with E-state index < -0.39 is 0 Å². The van der Waals surface area contributed by atoms with Crippen molar-refractivity contribution in [2.45, 2.75) is 47.0 Å². The molecule has 96 valence electrons. The van der Waals surface area contributed by atoms with Crippen LogP contribution in [0.15, 0.2) is 0 Å². The topological polar surface area (TPSA) is 29.3 Å². The molecule has 0 amide bonds. The zero-order chi connectivity index (χ0) is 12.2. The summed E-state index contributed by atoms with van der Waals surface area (Å²) in [7, 11) is 0. The average molecular weight is 226 g/mol. The molecule has 0 bridgehead atoms. The molecule has 1 heterocycles. The quantitative estimate of drug-likeness (QED) is 0.781. The maximum absolute atomic E-state index is 5.99. The van der Waals surface area contributed by atoms with Crippen molar-refractivity contribution < 1.29 is 0 Å². The van der Waals surface area contributed by atoms with Gasteiger partial charge in [0.2, 0.25) is 0 Å². The van der Waals surface area contributed by atoms with E-state index in [-0.39, 0.29) is 0 Å². The molecule has 1 saturated heterocycles. The van der Waals surface area contributed by atoms with E-state index in [0.29, 0.717) is 5.41 Å². The average Bonchev–Trinajstić information content (AvgIpc) is 2.25. The molecule has 0 saturated carbocycles. The molecule has 1 fully saturated rings. The molecule has 0 aromatic carbocycles. The minimum atomic E-state index is 0.358. The number of rotatable bonds is 5. The molecule has 1 rings (SSSR count). The summed E-state index contributed by atoms with van der Waals surface area (Å²) >= 11 is 0. The van der Waals surface area contributed by atoms with Crippen molar-refractivity contribution in [2.24, 2.45) is 23.0 Å². The Balaban J connectivity index is 2.57.